The number of allylic oxidation sites excluding steroid dienone is 1. The van der Waals surface area contributed by atoms with E-state index in [9.17, 15) is 0 Å². The van der Waals surface area contributed by atoms with E-state index in [1.807, 2.05) is 22.7 Å². The minimum Gasteiger partial charge on any atom is -0.355 e. The summed E-state index contributed by atoms with van der Waals surface area (Å²) >= 11 is 3.82. The van der Waals surface area contributed by atoms with Gasteiger partial charge in [-0.2, -0.15) is 0 Å². The van der Waals surface area contributed by atoms with Crippen LogP contribution in [0.2, 0.25) is 0 Å². The quantitative estimate of drug-likeness (QED) is 0.168. The molecular weight excluding hydrogens is 826 g/mol. The first-order valence-corrected chi connectivity index (χ1v) is 24.7. The Hall–Kier alpha value is -6.34. The molecule has 3 aromatic heterocycles. The Kier molecular flexibility index (Phi) is 9.18. The number of aromatic nitrogens is 1. The molecule has 1 aliphatic carbocycles. The molecule has 3 nitrogen and oxygen atoms in total. The van der Waals surface area contributed by atoms with Gasteiger partial charge in [0.15, 0.2) is 0 Å². The highest BCUT2D eigenvalue weighted by atomic mass is 32.1. The maximum Gasteiger partial charge on any atom is 0.224 e. The standard InChI is InChI=1S/C59H52BN3S2/c1-36-34-49(61-48-19-13-16-44-43-14-8-10-20-51(43)64-56(44)48)53-50(35-36)63-54-46(57-55(63)45-15-9-11-21-52(45)65-57)17-12-18-47(54)60(53)39-26-32-42(33-27-39)62(40-28-22-37(23-29-40)58(2,3)4)41-30-24-38(25-31-41)59(5,6)7/h8-17,19-35,47,61H,18H2,1-7H3. The molecule has 0 saturated heterocycles. The highest BCUT2D eigenvalue weighted by molar-refractivity contribution is 7.26. The molecule has 2 aliphatic rings. The fraction of sp³-hybridized carbons (Fsp3) is 0.186. The average Bonchev–Trinajstić information content (AvgIpc) is 3.98. The monoisotopic (exact) mass is 877 g/mol. The number of nitrogens with one attached hydrogen (secondary N) is 1. The molecule has 318 valence electrons. The summed E-state index contributed by atoms with van der Waals surface area (Å²) in [5.41, 5.74) is 18.0. The number of benzene rings is 7. The molecule has 10 aromatic rings. The summed E-state index contributed by atoms with van der Waals surface area (Å²) in [7, 11) is 0. The van der Waals surface area contributed by atoms with Gasteiger partial charge in [-0.05, 0) is 119 Å². The molecule has 12 rings (SSSR count). The Morgan fingerprint density at radius 1 is 0.600 bits per heavy atom. The second kappa shape index (κ2) is 14.8. The first-order valence-electron chi connectivity index (χ1n) is 23.1. The number of hydrogen-bond acceptors (Lipinski definition) is 4. The lowest BCUT2D eigenvalue weighted by Crippen LogP contribution is -2.53. The molecule has 0 radical (unpaired) electrons. The van der Waals surface area contributed by atoms with Gasteiger partial charge in [-0.1, -0.05) is 144 Å². The van der Waals surface area contributed by atoms with Crippen LogP contribution in [-0.2, 0) is 10.8 Å². The first kappa shape index (κ1) is 40.2. The van der Waals surface area contributed by atoms with E-state index < -0.39 is 0 Å². The fourth-order valence-corrected chi connectivity index (χ4v) is 13.2. The van der Waals surface area contributed by atoms with Gasteiger partial charge >= 0.3 is 0 Å². The van der Waals surface area contributed by atoms with E-state index in [-0.39, 0.29) is 23.4 Å². The normalized spacial score (nSPS) is 14.7. The number of anilines is 5. The summed E-state index contributed by atoms with van der Waals surface area (Å²) in [6.45, 7) is 16.1. The smallest absolute Gasteiger partial charge is 0.224 e. The minimum absolute atomic E-state index is 0.0720. The van der Waals surface area contributed by atoms with Gasteiger partial charge < -0.3 is 14.8 Å². The molecule has 0 fully saturated rings. The van der Waals surface area contributed by atoms with E-state index in [4.69, 9.17) is 0 Å². The first-order chi connectivity index (χ1) is 31.4. The minimum atomic E-state index is 0.0720. The Morgan fingerprint density at radius 2 is 1.17 bits per heavy atom. The van der Waals surface area contributed by atoms with Gasteiger partial charge in [0, 0.05) is 65.3 Å². The van der Waals surface area contributed by atoms with Crippen molar-refractivity contribution in [1.82, 2.24) is 4.57 Å². The van der Waals surface area contributed by atoms with E-state index in [1.165, 1.54) is 90.7 Å². The van der Waals surface area contributed by atoms with Crippen LogP contribution in [0.15, 0.2) is 158 Å². The molecule has 0 amide bonds. The zero-order valence-corrected chi connectivity index (χ0v) is 39.8. The summed E-state index contributed by atoms with van der Waals surface area (Å²) in [6.07, 6.45) is 5.83. The molecule has 7 aromatic carbocycles. The fourth-order valence-electron chi connectivity index (χ4n) is 10.8. The van der Waals surface area contributed by atoms with Gasteiger partial charge in [0.05, 0.1) is 20.6 Å². The van der Waals surface area contributed by atoms with Crippen LogP contribution in [-0.4, -0.2) is 11.3 Å². The highest BCUT2D eigenvalue weighted by Crippen LogP contribution is 2.49. The van der Waals surface area contributed by atoms with Crippen LogP contribution in [0.5, 0.6) is 0 Å². The van der Waals surface area contributed by atoms with Gasteiger partial charge in [-0.25, -0.2) is 0 Å². The molecule has 6 heteroatoms. The number of nitrogens with zero attached hydrogens (tertiary/aromatic N) is 2. The van der Waals surface area contributed by atoms with Gasteiger partial charge in [0.1, 0.15) is 0 Å². The van der Waals surface area contributed by atoms with Gasteiger partial charge in [0.2, 0.25) is 6.71 Å². The van der Waals surface area contributed by atoms with Gasteiger partial charge in [-0.3, -0.25) is 0 Å². The molecule has 1 aliphatic heterocycles. The van der Waals surface area contributed by atoms with E-state index in [2.05, 4.69) is 227 Å². The Labute approximate surface area is 390 Å². The van der Waals surface area contributed by atoms with E-state index in [1.54, 1.807) is 0 Å². The Bertz CT molecular complexity index is 3460. The predicted molar refractivity (Wildman–Crippen MR) is 286 cm³/mol. The van der Waals surface area contributed by atoms with Crippen molar-refractivity contribution in [2.24, 2.45) is 0 Å². The second-order valence-corrected chi connectivity index (χ2v) is 22.4. The van der Waals surface area contributed by atoms with Crippen LogP contribution in [0.25, 0.3) is 52.2 Å². The number of thiophene rings is 2. The molecule has 1 unspecified atom stereocenters. The number of rotatable bonds is 6. The largest absolute Gasteiger partial charge is 0.355 e. The number of hydrogen-bond donors (Lipinski definition) is 1. The van der Waals surface area contributed by atoms with E-state index in [0.29, 0.717) is 0 Å². The third-order valence-corrected chi connectivity index (χ3v) is 16.4. The molecule has 0 bridgehead atoms. The van der Waals surface area contributed by atoms with Crippen molar-refractivity contribution < 1.29 is 0 Å². The molecule has 4 heterocycles. The molecule has 0 spiro atoms. The van der Waals surface area contributed by atoms with Gasteiger partial charge in [-0.15, -0.1) is 22.7 Å². The third-order valence-electron chi connectivity index (χ3n) is 14.0. The van der Waals surface area contributed by atoms with Crippen LogP contribution in [0, 0.1) is 6.92 Å². The molecule has 65 heavy (non-hydrogen) atoms. The van der Waals surface area contributed by atoms with Crippen LogP contribution >= 0.6 is 22.7 Å². The van der Waals surface area contributed by atoms with Crippen molar-refractivity contribution in [3.63, 3.8) is 0 Å². The molecule has 1 N–H and O–H groups in total. The third kappa shape index (κ3) is 6.51. The summed E-state index contributed by atoms with van der Waals surface area (Å²) < 4.78 is 8.01. The van der Waals surface area contributed by atoms with Crippen molar-refractivity contribution in [3.05, 3.63) is 186 Å². The maximum atomic E-state index is 4.13. The lowest BCUT2D eigenvalue weighted by molar-refractivity contribution is 0.590. The molecule has 1 atom stereocenters. The SMILES string of the molecule is Cc1cc(Nc2cccc3c2sc2ccccc23)c2c(c1)-n1c3c(c4sc5ccccc5c41)C=CCC3B2c1ccc(N(c2ccc(C(C)(C)C)cc2)c2ccc(C(C)(C)C)cc2)cc1. The summed E-state index contributed by atoms with van der Waals surface area (Å²) in [6, 6.07) is 57.3. The topological polar surface area (TPSA) is 20.2 Å². The second-order valence-electron chi connectivity index (χ2n) is 20.3. The number of fused-ring (bicyclic) bond motifs is 10. The molecular formula is C59H52BN3S2. The predicted octanol–water partition coefficient (Wildman–Crippen LogP) is 16.0. The summed E-state index contributed by atoms with van der Waals surface area (Å²) in [5.74, 6) is 0.251. The van der Waals surface area contributed by atoms with Crippen molar-refractivity contribution in [2.75, 3.05) is 10.2 Å². The van der Waals surface area contributed by atoms with E-state index >= 15 is 0 Å². The van der Waals surface area contributed by atoms with Crippen LogP contribution in [0.3, 0.4) is 0 Å². The van der Waals surface area contributed by atoms with Crippen LogP contribution < -0.4 is 21.1 Å². The molecule has 0 saturated carbocycles. The summed E-state index contributed by atoms with van der Waals surface area (Å²) in [4.78, 5) is 2.42. The highest BCUT2D eigenvalue weighted by Gasteiger charge is 2.44. The maximum absolute atomic E-state index is 4.13. The van der Waals surface area contributed by atoms with Crippen LogP contribution in [0.1, 0.15) is 81.7 Å². The lowest BCUT2D eigenvalue weighted by atomic mass is 9.30. The lowest BCUT2D eigenvalue weighted by Gasteiger charge is -2.37. The van der Waals surface area contributed by atoms with Crippen molar-refractivity contribution in [1.29, 1.82) is 0 Å². The zero-order chi connectivity index (χ0) is 44.4. The number of aryl methyl sites for hydroxylation is 1. The van der Waals surface area contributed by atoms with Crippen molar-refractivity contribution >= 4 is 115 Å². The van der Waals surface area contributed by atoms with Crippen LogP contribution in [0.4, 0.5) is 28.4 Å². The van der Waals surface area contributed by atoms with E-state index in [0.717, 1.165) is 29.2 Å². The summed E-state index contributed by atoms with van der Waals surface area (Å²) in [5, 5.41) is 8.08. The Morgan fingerprint density at radius 3 is 1.82 bits per heavy atom. The zero-order valence-electron chi connectivity index (χ0n) is 38.2. The average molecular weight is 878 g/mol. The Balaban J connectivity index is 1.05. The van der Waals surface area contributed by atoms with Gasteiger partial charge in [0.25, 0.3) is 0 Å². The van der Waals surface area contributed by atoms with Crippen molar-refractivity contribution in [2.45, 2.75) is 71.5 Å². The van der Waals surface area contributed by atoms with Crippen molar-refractivity contribution in [3.8, 4) is 5.69 Å².